The SMILES string of the molecule is CC(C)C[C@H](NC(=O)[C@H](CO)NC(=O)[C@H](Cc1ccc(O)cc1)NC(=O)[C@@H](N)Cc1c[nH]c2ccccc12)C(=O)O. The zero-order valence-corrected chi connectivity index (χ0v) is 23.0. The fourth-order valence-corrected chi connectivity index (χ4v) is 4.42. The second-order valence-corrected chi connectivity index (χ2v) is 10.4. The van der Waals surface area contributed by atoms with E-state index in [1.165, 1.54) is 12.1 Å². The van der Waals surface area contributed by atoms with E-state index < -0.39 is 54.5 Å². The number of rotatable bonds is 14. The van der Waals surface area contributed by atoms with E-state index >= 15 is 0 Å². The number of nitrogens with two attached hydrogens (primary N) is 1. The van der Waals surface area contributed by atoms with E-state index in [0.29, 0.717) is 5.56 Å². The third-order valence-electron chi connectivity index (χ3n) is 6.60. The first-order chi connectivity index (χ1) is 19.5. The zero-order valence-electron chi connectivity index (χ0n) is 23.0. The molecule has 3 amide bonds. The number of hydrogen-bond acceptors (Lipinski definition) is 7. The zero-order chi connectivity index (χ0) is 30.1. The molecule has 0 bridgehead atoms. The Bertz CT molecular complexity index is 1360. The second-order valence-electron chi connectivity index (χ2n) is 10.4. The number of aromatic amines is 1. The van der Waals surface area contributed by atoms with Gasteiger partial charge in [-0.1, -0.05) is 44.2 Å². The van der Waals surface area contributed by atoms with Crippen LogP contribution in [0.4, 0.5) is 0 Å². The van der Waals surface area contributed by atoms with E-state index in [-0.39, 0.29) is 30.9 Å². The number of phenolic OH excluding ortho intramolecular Hbond substituents is 1. The molecule has 0 saturated carbocycles. The first-order valence-corrected chi connectivity index (χ1v) is 13.3. The first kappa shape index (κ1) is 31.1. The lowest BCUT2D eigenvalue weighted by Crippen LogP contribution is -2.58. The molecule has 4 atom stereocenters. The minimum atomic E-state index is -1.46. The summed E-state index contributed by atoms with van der Waals surface area (Å²) < 4.78 is 0. The first-order valence-electron chi connectivity index (χ1n) is 13.3. The average Bonchev–Trinajstić information content (AvgIpc) is 3.34. The monoisotopic (exact) mass is 567 g/mol. The van der Waals surface area contributed by atoms with Gasteiger partial charge in [-0.2, -0.15) is 0 Å². The van der Waals surface area contributed by atoms with E-state index in [9.17, 15) is 34.5 Å². The van der Waals surface area contributed by atoms with Gasteiger partial charge in [0.1, 0.15) is 23.9 Å². The largest absolute Gasteiger partial charge is 0.508 e. The molecule has 0 aliphatic rings. The van der Waals surface area contributed by atoms with Gasteiger partial charge in [0.15, 0.2) is 0 Å². The Morgan fingerprint density at radius 1 is 0.854 bits per heavy atom. The highest BCUT2D eigenvalue weighted by Crippen LogP contribution is 2.19. The van der Waals surface area contributed by atoms with E-state index in [4.69, 9.17) is 5.73 Å². The summed E-state index contributed by atoms with van der Waals surface area (Å²) in [7, 11) is 0. The lowest BCUT2D eigenvalue weighted by atomic mass is 10.0. The third-order valence-corrected chi connectivity index (χ3v) is 6.60. The van der Waals surface area contributed by atoms with Crippen LogP contribution in [0.3, 0.4) is 0 Å². The van der Waals surface area contributed by atoms with Gasteiger partial charge in [-0.3, -0.25) is 14.4 Å². The predicted molar refractivity (Wildman–Crippen MR) is 152 cm³/mol. The molecule has 12 nitrogen and oxygen atoms in total. The molecule has 0 unspecified atom stereocenters. The number of benzene rings is 2. The Hall–Kier alpha value is -4.42. The summed E-state index contributed by atoms with van der Waals surface area (Å²) in [6, 6.07) is 8.70. The standard InChI is InChI=1S/C29H37N5O7/c1-16(2)11-24(29(40)41)33-28(39)25(15-35)34-27(38)23(12-17-7-9-19(36)10-8-17)32-26(37)21(30)13-18-14-31-22-6-4-3-5-20(18)22/h3-10,14,16,21,23-25,31,35-36H,11-13,15,30H2,1-2H3,(H,32,37)(H,33,39)(H,34,38)(H,40,41)/t21-,23-,24-,25-/m0/s1. The van der Waals surface area contributed by atoms with Gasteiger partial charge in [-0.15, -0.1) is 0 Å². The number of H-pyrrole nitrogens is 1. The van der Waals surface area contributed by atoms with Crippen LogP contribution in [0.2, 0.25) is 0 Å². The van der Waals surface area contributed by atoms with Crippen molar-refractivity contribution in [2.24, 2.45) is 11.7 Å². The molecule has 0 aliphatic heterocycles. The van der Waals surface area contributed by atoms with Crippen LogP contribution in [0.25, 0.3) is 10.9 Å². The number of para-hydroxylation sites is 1. The lowest BCUT2D eigenvalue weighted by molar-refractivity contribution is -0.143. The summed E-state index contributed by atoms with van der Waals surface area (Å²) in [5.41, 5.74) is 8.53. The number of carboxylic acids is 1. The molecule has 1 heterocycles. The van der Waals surface area contributed by atoms with Crippen molar-refractivity contribution in [2.45, 2.75) is 57.3 Å². The molecule has 2 aromatic carbocycles. The molecule has 0 spiro atoms. The molecular formula is C29H37N5O7. The summed E-state index contributed by atoms with van der Waals surface area (Å²) in [6.45, 7) is 2.80. The molecule has 0 fully saturated rings. The van der Waals surface area contributed by atoms with Crippen molar-refractivity contribution in [1.82, 2.24) is 20.9 Å². The maximum absolute atomic E-state index is 13.3. The van der Waals surface area contributed by atoms with E-state index in [2.05, 4.69) is 20.9 Å². The van der Waals surface area contributed by atoms with E-state index in [1.807, 2.05) is 24.3 Å². The number of carbonyl (C=O) groups is 4. The number of amides is 3. The van der Waals surface area contributed by atoms with Crippen molar-refractivity contribution >= 4 is 34.6 Å². The number of fused-ring (bicyclic) bond motifs is 1. The quantitative estimate of drug-likeness (QED) is 0.138. The fourth-order valence-electron chi connectivity index (χ4n) is 4.42. The van der Waals surface area contributed by atoms with Gasteiger partial charge in [-0.25, -0.2) is 4.79 Å². The highest BCUT2D eigenvalue weighted by atomic mass is 16.4. The number of hydrogen-bond donors (Lipinski definition) is 8. The number of aliphatic hydroxyl groups is 1. The van der Waals surface area contributed by atoms with Crippen LogP contribution >= 0.6 is 0 Å². The van der Waals surface area contributed by atoms with Gasteiger partial charge in [0.25, 0.3) is 0 Å². The fraction of sp³-hybridized carbons (Fsp3) is 0.379. The maximum Gasteiger partial charge on any atom is 0.326 e. The molecule has 0 aliphatic carbocycles. The van der Waals surface area contributed by atoms with Gasteiger partial charge >= 0.3 is 5.97 Å². The average molecular weight is 568 g/mol. The molecule has 0 saturated heterocycles. The van der Waals surface area contributed by atoms with E-state index in [0.717, 1.165) is 16.5 Å². The van der Waals surface area contributed by atoms with Gasteiger partial charge in [0, 0.05) is 23.5 Å². The van der Waals surface area contributed by atoms with Gasteiger partial charge in [0.2, 0.25) is 17.7 Å². The molecule has 3 aromatic rings. The molecule has 0 radical (unpaired) electrons. The van der Waals surface area contributed by atoms with Crippen LogP contribution in [0.15, 0.2) is 54.7 Å². The van der Waals surface area contributed by atoms with Gasteiger partial charge in [-0.05, 0) is 48.1 Å². The summed E-state index contributed by atoms with van der Waals surface area (Å²) in [6.07, 6.45) is 2.10. The normalized spacial score (nSPS) is 14.2. The molecular weight excluding hydrogens is 530 g/mol. The maximum atomic E-state index is 13.3. The summed E-state index contributed by atoms with van der Waals surface area (Å²) in [5.74, 6) is -3.52. The highest BCUT2D eigenvalue weighted by Gasteiger charge is 2.30. The van der Waals surface area contributed by atoms with Gasteiger partial charge in [0.05, 0.1) is 12.6 Å². The van der Waals surface area contributed by atoms with Crippen LogP contribution in [-0.4, -0.2) is 74.8 Å². The minimum absolute atomic E-state index is 0.0114. The number of carbonyl (C=O) groups excluding carboxylic acids is 3. The molecule has 9 N–H and O–H groups in total. The molecule has 220 valence electrons. The summed E-state index contributed by atoms with van der Waals surface area (Å²) in [4.78, 5) is 53.9. The number of aliphatic carboxylic acids is 1. The number of aliphatic hydroxyl groups excluding tert-OH is 1. The van der Waals surface area contributed by atoms with Gasteiger partial charge < -0.3 is 42.0 Å². The predicted octanol–water partition coefficient (Wildman–Crippen LogP) is 0.563. The Labute approximate surface area is 237 Å². The smallest absolute Gasteiger partial charge is 0.326 e. The van der Waals surface area contributed by atoms with Crippen molar-refractivity contribution in [3.05, 3.63) is 65.9 Å². The summed E-state index contributed by atoms with van der Waals surface area (Å²) >= 11 is 0. The van der Waals surface area contributed by atoms with Crippen LogP contribution in [0.5, 0.6) is 5.75 Å². The Balaban J connectivity index is 1.74. The van der Waals surface area contributed by atoms with Crippen molar-refractivity contribution in [3.63, 3.8) is 0 Å². The van der Waals surface area contributed by atoms with Crippen LogP contribution < -0.4 is 21.7 Å². The van der Waals surface area contributed by atoms with Crippen LogP contribution in [0.1, 0.15) is 31.4 Å². The number of carboxylic acid groups (broad SMARTS) is 1. The number of nitrogens with one attached hydrogen (secondary N) is 4. The Kier molecular flexibility index (Phi) is 10.8. The highest BCUT2D eigenvalue weighted by molar-refractivity contribution is 5.94. The number of aromatic hydroxyl groups is 1. The Morgan fingerprint density at radius 2 is 1.46 bits per heavy atom. The molecule has 1 aromatic heterocycles. The summed E-state index contributed by atoms with van der Waals surface area (Å²) in [5, 5.41) is 37.2. The molecule has 12 heteroatoms. The van der Waals surface area contributed by atoms with Crippen LogP contribution in [-0.2, 0) is 32.0 Å². The minimum Gasteiger partial charge on any atom is -0.508 e. The Morgan fingerprint density at radius 3 is 2.10 bits per heavy atom. The topological polar surface area (TPSA) is 207 Å². The number of aromatic nitrogens is 1. The second kappa shape index (κ2) is 14.3. The van der Waals surface area contributed by atoms with Crippen molar-refractivity contribution < 1.29 is 34.5 Å². The third kappa shape index (κ3) is 8.78. The molecule has 41 heavy (non-hydrogen) atoms. The number of phenols is 1. The van der Waals surface area contributed by atoms with Crippen molar-refractivity contribution in [3.8, 4) is 5.75 Å². The molecule has 3 rings (SSSR count). The lowest BCUT2D eigenvalue weighted by Gasteiger charge is -2.25. The van der Waals surface area contributed by atoms with Crippen molar-refractivity contribution in [1.29, 1.82) is 0 Å². The van der Waals surface area contributed by atoms with Crippen LogP contribution in [0, 0.1) is 5.92 Å². The van der Waals surface area contributed by atoms with E-state index in [1.54, 1.807) is 32.2 Å². The van der Waals surface area contributed by atoms with Crippen molar-refractivity contribution in [2.75, 3.05) is 6.61 Å².